The summed E-state index contributed by atoms with van der Waals surface area (Å²) < 4.78 is 4.70. The van der Waals surface area contributed by atoms with Crippen molar-refractivity contribution in [3.05, 3.63) is 54.6 Å². The SMILES string of the molecule is COC(=O)c1cnc(N2CCN(C(=Nc3cccc4ncccc34)NC#N)[C@@H](C(C)C)C2)cn1. The van der Waals surface area contributed by atoms with E-state index in [1.165, 1.54) is 13.3 Å². The van der Waals surface area contributed by atoms with Gasteiger partial charge in [0, 0.05) is 31.2 Å². The molecule has 1 saturated heterocycles. The molecule has 34 heavy (non-hydrogen) atoms. The molecule has 0 saturated carbocycles. The van der Waals surface area contributed by atoms with Gasteiger partial charge in [0.15, 0.2) is 11.9 Å². The molecule has 0 radical (unpaired) electrons. The van der Waals surface area contributed by atoms with E-state index in [4.69, 9.17) is 9.73 Å². The second-order valence-corrected chi connectivity index (χ2v) is 8.22. The Morgan fingerprint density at radius 3 is 2.76 bits per heavy atom. The summed E-state index contributed by atoms with van der Waals surface area (Å²) >= 11 is 0. The largest absolute Gasteiger partial charge is 0.464 e. The lowest BCUT2D eigenvalue weighted by atomic mass is 10.00. The predicted octanol–water partition coefficient (Wildman–Crippen LogP) is 2.72. The van der Waals surface area contributed by atoms with Gasteiger partial charge < -0.3 is 14.5 Å². The van der Waals surface area contributed by atoms with Gasteiger partial charge in [-0.2, -0.15) is 5.26 Å². The van der Waals surface area contributed by atoms with E-state index in [1.807, 2.05) is 36.5 Å². The first-order valence-corrected chi connectivity index (χ1v) is 11.0. The highest BCUT2D eigenvalue weighted by atomic mass is 16.5. The van der Waals surface area contributed by atoms with E-state index in [0.29, 0.717) is 31.4 Å². The van der Waals surface area contributed by atoms with Crippen LogP contribution in [-0.4, -0.2) is 64.6 Å². The molecule has 174 valence electrons. The van der Waals surface area contributed by atoms with Gasteiger partial charge in [-0.05, 0) is 30.2 Å². The van der Waals surface area contributed by atoms with E-state index in [9.17, 15) is 10.1 Å². The number of aliphatic imine (C=N–C) groups is 1. The number of piperazine rings is 1. The Balaban J connectivity index is 1.62. The number of nitrogens with zero attached hydrogens (tertiary/aromatic N) is 7. The second kappa shape index (κ2) is 10.1. The third-order valence-electron chi connectivity index (χ3n) is 5.83. The summed E-state index contributed by atoms with van der Waals surface area (Å²) in [7, 11) is 1.31. The molecule has 1 N–H and O–H groups in total. The molecule has 0 aliphatic carbocycles. The third kappa shape index (κ3) is 4.73. The first-order chi connectivity index (χ1) is 16.5. The molecule has 3 aromatic rings. The Bertz CT molecular complexity index is 1230. The number of rotatable bonds is 4. The lowest BCUT2D eigenvalue weighted by Gasteiger charge is -2.44. The van der Waals surface area contributed by atoms with E-state index >= 15 is 0 Å². The minimum atomic E-state index is -0.518. The Hall–Kier alpha value is -4.26. The highest BCUT2D eigenvalue weighted by Crippen LogP contribution is 2.26. The van der Waals surface area contributed by atoms with Gasteiger partial charge in [-0.3, -0.25) is 10.3 Å². The number of hydrogen-bond donors (Lipinski definition) is 1. The van der Waals surface area contributed by atoms with Crippen molar-refractivity contribution in [1.82, 2.24) is 25.2 Å². The highest BCUT2D eigenvalue weighted by Gasteiger charge is 2.32. The maximum atomic E-state index is 11.7. The molecule has 4 rings (SSSR count). The van der Waals surface area contributed by atoms with Crippen LogP contribution in [0, 0.1) is 17.4 Å². The number of ether oxygens (including phenoxy) is 1. The molecular formula is C24H26N8O2. The Kier molecular flexibility index (Phi) is 6.82. The molecule has 2 aromatic heterocycles. The maximum Gasteiger partial charge on any atom is 0.358 e. The van der Waals surface area contributed by atoms with Gasteiger partial charge in [0.05, 0.1) is 36.7 Å². The summed E-state index contributed by atoms with van der Waals surface area (Å²) in [5.74, 6) is 0.940. The van der Waals surface area contributed by atoms with Crippen LogP contribution >= 0.6 is 0 Å². The smallest absolute Gasteiger partial charge is 0.358 e. The molecule has 10 heteroatoms. The van der Waals surface area contributed by atoms with Crippen LogP contribution in [0.25, 0.3) is 10.9 Å². The maximum absolute atomic E-state index is 11.7. The summed E-state index contributed by atoms with van der Waals surface area (Å²) in [4.78, 5) is 33.8. The second-order valence-electron chi connectivity index (χ2n) is 8.22. The fraction of sp³-hybridized carbons (Fsp3) is 0.333. The van der Waals surface area contributed by atoms with Gasteiger partial charge in [0.2, 0.25) is 5.96 Å². The normalized spacial score (nSPS) is 16.4. The fourth-order valence-electron chi connectivity index (χ4n) is 4.06. The summed E-state index contributed by atoms with van der Waals surface area (Å²) in [6.07, 6.45) is 6.80. The van der Waals surface area contributed by atoms with Gasteiger partial charge in [-0.15, -0.1) is 0 Å². The molecule has 1 aliphatic rings. The van der Waals surface area contributed by atoms with Gasteiger partial charge in [-0.25, -0.2) is 19.8 Å². The van der Waals surface area contributed by atoms with E-state index < -0.39 is 5.97 Å². The molecule has 3 heterocycles. The van der Waals surface area contributed by atoms with Gasteiger partial charge in [0.25, 0.3) is 0 Å². The molecule has 1 aliphatic heterocycles. The van der Waals surface area contributed by atoms with Gasteiger partial charge in [-0.1, -0.05) is 19.9 Å². The van der Waals surface area contributed by atoms with Crippen molar-refractivity contribution in [1.29, 1.82) is 5.26 Å². The average Bonchev–Trinajstić information content (AvgIpc) is 2.88. The summed E-state index contributed by atoms with van der Waals surface area (Å²) in [6, 6.07) is 9.67. The number of anilines is 1. The number of fused-ring (bicyclic) bond motifs is 1. The third-order valence-corrected chi connectivity index (χ3v) is 5.83. The van der Waals surface area contributed by atoms with Crippen LogP contribution in [0.5, 0.6) is 0 Å². The molecule has 1 aromatic carbocycles. The molecule has 1 atom stereocenters. The van der Waals surface area contributed by atoms with Crippen LogP contribution in [-0.2, 0) is 4.74 Å². The Morgan fingerprint density at radius 2 is 2.06 bits per heavy atom. The number of hydrogen-bond acceptors (Lipinski definition) is 8. The monoisotopic (exact) mass is 458 g/mol. The predicted molar refractivity (Wildman–Crippen MR) is 129 cm³/mol. The molecule has 10 nitrogen and oxygen atoms in total. The number of pyridine rings is 1. The number of aromatic nitrogens is 3. The van der Waals surface area contributed by atoms with Crippen LogP contribution in [0.3, 0.4) is 0 Å². The molecule has 0 bridgehead atoms. The van der Waals surface area contributed by atoms with E-state index in [-0.39, 0.29) is 17.7 Å². The molecule has 1 fully saturated rings. The number of carbonyl (C=O) groups is 1. The molecule has 0 amide bonds. The zero-order chi connectivity index (χ0) is 24.1. The van der Waals surface area contributed by atoms with Crippen LogP contribution in [0.1, 0.15) is 24.3 Å². The number of guanidine groups is 1. The van der Waals surface area contributed by atoms with Gasteiger partial charge in [0.1, 0.15) is 5.82 Å². The zero-order valence-corrected chi connectivity index (χ0v) is 19.3. The van der Waals surface area contributed by atoms with Gasteiger partial charge >= 0.3 is 5.97 Å². The quantitative estimate of drug-likeness (QED) is 0.207. The molecule has 0 unspecified atom stereocenters. The number of methoxy groups -OCH3 is 1. The van der Waals surface area contributed by atoms with Crippen molar-refractivity contribution in [2.75, 3.05) is 31.6 Å². The van der Waals surface area contributed by atoms with Crippen LogP contribution in [0.2, 0.25) is 0 Å². The zero-order valence-electron chi connectivity index (χ0n) is 19.3. The Labute approximate surface area is 197 Å². The lowest BCUT2D eigenvalue weighted by molar-refractivity contribution is 0.0593. The van der Waals surface area contributed by atoms with Crippen molar-refractivity contribution in [2.45, 2.75) is 19.9 Å². The summed E-state index contributed by atoms with van der Waals surface area (Å²) in [5, 5.41) is 13.2. The fourth-order valence-corrected chi connectivity index (χ4v) is 4.06. The number of esters is 1. The van der Waals surface area contributed by atoms with Crippen molar-refractivity contribution in [2.24, 2.45) is 10.9 Å². The Morgan fingerprint density at radius 1 is 1.21 bits per heavy atom. The topological polar surface area (TPSA) is 120 Å². The van der Waals surface area contributed by atoms with Crippen LogP contribution < -0.4 is 10.2 Å². The van der Waals surface area contributed by atoms with E-state index in [0.717, 1.165) is 16.6 Å². The van der Waals surface area contributed by atoms with Crippen molar-refractivity contribution < 1.29 is 9.53 Å². The molecule has 0 spiro atoms. The number of nitrogens with one attached hydrogen (secondary N) is 1. The summed E-state index contributed by atoms with van der Waals surface area (Å²) in [6.45, 7) is 6.21. The van der Waals surface area contributed by atoms with E-state index in [1.54, 1.807) is 12.4 Å². The van der Waals surface area contributed by atoms with Crippen LogP contribution in [0.15, 0.2) is 53.9 Å². The summed E-state index contributed by atoms with van der Waals surface area (Å²) in [5.41, 5.74) is 1.76. The number of benzene rings is 1. The minimum absolute atomic E-state index is 0.0588. The number of carbonyl (C=O) groups excluding carboxylic acids is 1. The first kappa shape index (κ1) is 22.9. The number of nitriles is 1. The van der Waals surface area contributed by atoms with Crippen LogP contribution in [0.4, 0.5) is 11.5 Å². The molecular weight excluding hydrogens is 432 g/mol. The van der Waals surface area contributed by atoms with Crippen molar-refractivity contribution >= 4 is 34.3 Å². The first-order valence-electron chi connectivity index (χ1n) is 11.0. The lowest BCUT2D eigenvalue weighted by Crippen LogP contribution is -2.59. The van der Waals surface area contributed by atoms with E-state index in [2.05, 4.69) is 43.9 Å². The highest BCUT2D eigenvalue weighted by molar-refractivity contribution is 5.94. The standard InChI is InChI=1S/C24H26N8O2/c1-16(2)21-14-31(22-13-27-20(12-28-22)23(33)34-3)10-11-32(21)24(29-15-25)30-19-8-4-7-18-17(19)6-5-9-26-18/h4-9,12-13,16,21H,10-11,14H2,1-3H3,(H,29,30)/t21-/m1/s1. The van der Waals surface area contributed by atoms with Crippen molar-refractivity contribution in [3.8, 4) is 6.19 Å². The minimum Gasteiger partial charge on any atom is -0.464 e. The van der Waals surface area contributed by atoms with Crippen molar-refractivity contribution in [3.63, 3.8) is 0 Å². The average molecular weight is 459 g/mol.